The summed E-state index contributed by atoms with van der Waals surface area (Å²) in [6.45, 7) is 0.966. The summed E-state index contributed by atoms with van der Waals surface area (Å²) >= 11 is 0. The van der Waals surface area contributed by atoms with Gasteiger partial charge in [-0.25, -0.2) is 4.79 Å². The fraction of sp³-hybridized carbons (Fsp3) is 0.429. The molecule has 6 heteroatoms. The number of carboxylic acid groups (broad SMARTS) is 2. The number of hydrogen-bond donors (Lipinski definition) is 2. The molecule has 20 heavy (non-hydrogen) atoms. The van der Waals surface area contributed by atoms with Crippen molar-refractivity contribution in [2.24, 2.45) is 0 Å². The van der Waals surface area contributed by atoms with E-state index >= 15 is 0 Å². The van der Waals surface area contributed by atoms with Crippen molar-refractivity contribution in [3.63, 3.8) is 0 Å². The highest BCUT2D eigenvalue weighted by Crippen LogP contribution is 2.19. The number of ether oxygens (including phenoxy) is 1. The highest BCUT2D eigenvalue weighted by Gasteiger charge is 2.23. The third-order valence-corrected chi connectivity index (χ3v) is 3.29. The van der Waals surface area contributed by atoms with E-state index in [-0.39, 0.29) is 12.5 Å². The van der Waals surface area contributed by atoms with Crippen LogP contribution in [-0.2, 0) is 11.2 Å². The monoisotopic (exact) mass is 279 g/mol. The fourth-order valence-electron chi connectivity index (χ4n) is 2.22. The second-order valence-electron chi connectivity index (χ2n) is 4.80. The summed E-state index contributed by atoms with van der Waals surface area (Å²) < 4.78 is 5.78. The van der Waals surface area contributed by atoms with Gasteiger partial charge in [0.05, 0.1) is 6.42 Å². The van der Waals surface area contributed by atoms with Crippen LogP contribution in [0.2, 0.25) is 0 Å². The van der Waals surface area contributed by atoms with Gasteiger partial charge in [-0.1, -0.05) is 12.1 Å². The van der Waals surface area contributed by atoms with Crippen molar-refractivity contribution < 1.29 is 24.5 Å². The van der Waals surface area contributed by atoms with Gasteiger partial charge in [0.25, 0.3) is 0 Å². The molecule has 0 unspecified atom stereocenters. The summed E-state index contributed by atoms with van der Waals surface area (Å²) in [5, 5.41) is 17.5. The molecule has 0 atom stereocenters. The maximum absolute atomic E-state index is 10.8. The Labute approximate surface area is 116 Å². The first-order valence-electron chi connectivity index (χ1n) is 6.50. The molecule has 0 spiro atoms. The van der Waals surface area contributed by atoms with Gasteiger partial charge in [-0.15, -0.1) is 0 Å². The van der Waals surface area contributed by atoms with Gasteiger partial charge < -0.3 is 19.8 Å². The van der Waals surface area contributed by atoms with Gasteiger partial charge in [0.15, 0.2) is 0 Å². The molecule has 2 N–H and O–H groups in total. The minimum Gasteiger partial charge on any atom is -0.490 e. The van der Waals surface area contributed by atoms with Crippen molar-refractivity contribution in [1.82, 2.24) is 4.90 Å². The molecule has 1 aliphatic rings. The molecule has 1 aromatic rings. The predicted octanol–water partition coefficient (Wildman–Crippen LogP) is 1.83. The van der Waals surface area contributed by atoms with Crippen molar-refractivity contribution in [3.05, 3.63) is 29.8 Å². The van der Waals surface area contributed by atoms with E-state index in [1.165, 1.54) is 4.90 Å². The minimum atomic E-state index is -0.888. The average Bonchev–Trinajstić information content (AvgIpc) is 2.41. The zero-order valence-electron chi connectivity index (χ0n) is 11.0. The van der Waals surface area contributed by atoms with Crippen LogP contribution >= 0.6 is 0 Å². The predicted molar refractivity (Wildman–Crippen MR) is 71.0 cm³/mol. The lowest BCUT2D eigenvalue weighted by molar-refractivity contribution is -0.136. The molecule has 1 aromatic carbocycles. The van der Waals surface area contributed by atoms with E-state index in [0.29, 0.717) is 31.7 Å². The Morgan fingerprint density at radius 2 is 1.75 bits per heavy atom. The number of likely N-dealkylation sites (tertiary alicyclic amines) is 1. The molecule has 0 aromatic heterocycles. The van der Waals surface area contributed by atoms with Crippen molar-refractivity contribution >= 4 is 12.1 Å². The zero-order chi connectivity index (χ0) is 14.5. The standard InChI is InChI=1S/C14H17NO5/c16-13(17)9-10-1-3-11(4-2-10)20-12-5-7-15(8-6-12)14(18)19/h1-4,12H,5-9H2,(H,16,17)(H,18,19). The first-order chi connectivity index (χ1) is 9.54. The third-order valence-electron chi connectivity index (χ3n) is 3.29. The van der Waals surface area contributed by atoms with Crippen LogP contribution < -0.4 is 4.74 Å². The molecular weight excluding hydrogens is 262 g/mol. The number of piperidine rings is 1. The highest BCUT2D eigenvalue weighted by molar-refractivity contribution is 5.70. The van der Waals surface area contributed by atoms with Crippen LogP contribution in [0.25, 0.3) is 0 Å². The molecule has 1 amide bonds. The molecule has 0 bridgehead atoms. The summed E-state index contributed by atoms with van der Waals surface area (Å²) in [5.74, 6) is -0.173. The lowest BCUT2D eigenvalue weighted by Crippen LogP contribution is -2.41. The van der Waals surface area contributed by atoms with E-state index in [4.69, 9.17) is 14.9 Å². The second kappa shape index (κ2) is 6.27. The van der Waals surface area contributed by atoms with Gasteiger partial charge >= 0.3 is 12.1 Å². The molecule has 1 fully saturated rings. The van der Waals surface area contributed by atoms with E-state index in [0.717, 1.165) is 5.56 Å². The summed E-state index contributed by atoms with van der Waals surface area (Å²) in [6, 6.07) is 6.97. The Hall–Kier alpha value is -2.24. The number of carbonyl (C=O) groups is 2. The SMILES string of the molecule is O=C(O)Cc1ccc(OC2CCN(C(=O)O)CC2)cc1. The number of aliphatic carboxylic acids is 1. The minimum absolute atomic E-state index is 0.00270. The van der Waals surface area contributed by atoms with Gasteiger partial charge in [-0.2, -0.15) is 0 Å². The lowest BCUT2D eigenvalue weighted by Gasteiger charge is -2.30. The maximum atomic E-state index is 10.8. The zero-order valence-corrected chi connectivity index (χ0v) is 11.0. The van der Waals surface area contributed by atoms with Crippen LogP contribution in [-0.4, -0.2) is 46.4 Å². The van der Waals surface area contributed by atoms with Crippen LogP contribution in [0, 0.1) is 0 Å². The molecule has 1 saturated heterocycles. The Bertz CT molecular complexity index is 477. The third kappa shape index (κ3) is 3.88. The maximum Gasteiger partial charge on any atom is 0.407 e. The molecule has 2 rings (SSSR count). The van der Waals surface area contributed by atoms with Gasteiger partial charge in [0.2, 0.25) is 0 Å². The quantitative estimate of drug-likeness (QED) is 0.878. The molecule has 0 radical (unpaired) electrons. The molecule has 0 aliphatic carbocycles. The summed E-state index contributed by atoms with van der Waals surface area (Å²) in [7, 11) is 0. The molecule has 0 saturated carbocycles. The van der Waals surface area contributed by atoms with Crippen LogP contribution in [0.4, 0.5) is 4.79 Å². The normalized spacial score (nSPS) is 15.9. The summed E-state index contributed by atoms with van der Waals surface area (Å²) in [6.07, 6.45) is 0.460. The number of rotatable bonds is 4. The van der Waals surface area contributed by atoms with E-state index in [1.807, 2.05) is 0 Å². The molecule has 1 aliphatic heterocycles. The van der Waals surface area contributed by atoms with Crippen LogP contribution in [0.15, 0.2) is 24.3 Å². The number of amides is 1. The number of nitrogens with zero attached hydrogens (tertiary/aromatic N) is 1. The number of hydrogen-bond acceptors (Lipinski definition) is 3. The molecular formula is C14H17NO5. The fourth-order valence-corrected chi connectivity index (χ4v) is 2.22. The summed E-state index contributed by atoms with van der Waals surface area (Å²) in [4.78, 5) is 22.7. The molecule has 108 valence electrons. The topological polar surface area (TPSA) is 87.1 Å². The number of benzene rings is 1. The van der Waals surface area contributed by atoms with E-state index < -0.39 is 12.1 Å². The largest absolute Gasteiger partial charge is 0.490 e. The second-order valence-corrected chi connectivity index (χ2v) is 4.80. The van der Waals surface area contributed by atoms with Crippen molar-refractivity contribution in [2.45, 2.75) is 25.4 Å². The van der Waals surface area contributed by atoms with E-state index in [2.05, 4.69) is 0 Å². The Kier molecular flexibility index (Phi) is 4.45. The first kappa shape index (κ1) is 14.2. The van der Waals surface area contributed by atoms with Gasteiger partial charge in [0, 0.05) is 25.9 Å². The van der Waals surface area contributed by atoms with Crippen LogP contribution in [0.1, 0.15) is 18.4 Å². The Balaban J connectivity index is 1.85. The average molecular weight is 279 g/mol. The van der Waals surface area contributed by atoms with Gasteiger partial charge in [-0.05, 0) is 17.7 Å². The Morgan fingerprint density at radius 1 is 1.15 bits per heavy atom. The van der Waals surface area contributed by atoms with Crippen molar-refractivity contribution in [2.75, 3.05) is 13.1 Å². The van der Waals surface area contributed by atoms with Crippen molar-refractivity contribution in [3.8, 4) is 5.75 Å². The molecule has 6 nitrogen and oxygen atoms in total. The molecule has 1 heterocycles. The number of carboxylic acids is 1. The van der Waals surface area contributed by atoms with Gasteiger partial charge in [-0.3, -0.25) is 4.79 Å². The highest BCUT2D eigenvalue weighted by atomic mass is 16.5. The lowest BCUT2D eigenvalue weighted by atomic mass is 10.1. The smallest absolute Gasteiger partial charge is 0.407 e. The Morgan fingerprint density at radius 3 is 2.25 bits per heavy atom. The van der Waals surface area contributed by atoms with E-state index in [1.54, 1.807) is 24.3 Å². The van der Waals surface area contributed by atoms with Crippen LogP contribution in [0.5, 0.6) is 5.75 Å². The van der Waals surface area contributed by atoms with Crippen LogP contribution in [0.3, 0.4) is 0 Å². The van der Waals surface area contributed by atoms with Gasteiger partial charge in [0.1, 0.15) is 11.9 Å². The first-order valence-corrected chi connectivity index (χ1v) is 6.50. The summed E-state index contributed by atoms with van der Waals surface area (Å²) in [5.41, 5.74) is 0.727. The van der Waals surface area contributed by atoms with Crippen molar-refractivity contribution in [1.29, 1.82) is 0 Å². The van der Waals surface area contributed by atoms with E-state index in [9.17, 15) is 9.59 Å².